The van der Waals surface area contributed by atoms with Crippen molar-refractivity contribution in [2.75, 3.05) is 25.4 Å². The van der Waals surface area contributed by atoms with E-state index in [1.54, 1.807) is 29.2 Å². The first kappa shape index (κ1) is 22.4. The van der Waals surface area contributed by atoms with Gasteiger partial charge in [0.15, 0.2) is 0 Å². The van der Waals surface area contributed by atoms with Crippen molar-refractivity contribution in [3.63, 3.8) is 0 Å². The number of carbonyl (C=O) groups is 1. The van der Waals surface area contributed by atoms with E-state index in [-0.39, 0.29) is 29.1 Å². The Hall–Kier alpha value is -2.79. The fourth-order valence-electron chi connectivity index (χ4n) is 4.19. The fourth-order valence-corrected chi connectivity index (χ4v) is 6.89. The molecular formula is C24H27FN3O3P. The van der Waals surface area contributed by atoms with Gasteiger partial charge in [-0.2, -0.15) is 5.10 Å². The third kappa shape index (κ3) is 4.26. The number of rotatable bonds is 3. The fraction of sp³-hybridized carbons (Fsp3) is 0.375. The molecule has 0 unspecified atom stereocenters. The molecule has 2 aromatic carbocycles. The second kappa shape index (κ2) is 8.28. The number of halogens is 1. The second-order valence-corrected chi connectivity index (χ2v) is 12.5. The number of aromatic nitrogens is 2. The minimum Gasteiger partial charge on any atom is -0.341 e. The maximum absolute atomic E-state index is 14.8. The monoisotopic (exact) mass is 455 g/mol. The number of carbonyl (C=O) groups excluding carboxylic acids is 1. The summed E-state index contributed by atoms with van der Waals surface area (Å²) >= 11 is 0. The SMILES string of the molecule is CC(C)(C)C(=O)N1CCP(=O)(c2cc(Cc3n[nH]c(=O)c4ccccc34)ccc2F)CC1. The van der Waals surface area contributed by atoms with Crippen molar-refractivity contribution in [2.45, 2.75) is 27.2 Å². The Morgan fingerprint density at radius 3 is 2.44 bits per heavy atom. The first-order valence-electron chi connectivity index (χ1n) is 10.7. The van der Waals surface area contributed by atoms with Crippen LogP contribution in [0.4, 0.5) is 4.39 Å². The summed E-state index contributed by atoms with van der Waals surface area (Å²) in [6.45, 7) is 6.32. The van der Waals surface area contributed by atoms with E-state index in [9.17, 15) is 18.5 Å². The van der Waals surface area contributed by atoms with Crippen LogP contribution in [0.3, 0.4) is 0 Å². The van der Waals surface area contributed by atoms with Crippen molar-refractivity contribution in [3.8, 4) is 0 Å². The molecule has 0 atom stereocenters. The number of amides is 1. The number of fused-ring (bicyclic) bond motifs is 1. The first-order chi connectivity index (χ1) is 15.1. The van der Waals surface area contributed by atoms with Gasteiger partial charge in [0.25, 0.3) is 5.56 Å². The Labute approximate surface area is 186 Å². The summed E-state index contributed by atoms with van der Waals surface area (Å²) in [5, 5.41) is 8.23. The molecule has 2 heterocycles. The molecule has 8 heteroatoms. The predicted molar refractivity (Wildman–Crippen MR) is 125 cm³/mol. The van der Waals surface area contributed by atoms with Gasteiger partial charge in [-0.25, -0.2) is 9.49 Å². The summed E-state index contributed by atoms with van der Waals surface area (Å²) < 4.78 is 28.5. The van der Waals surface area contributed by atoms with Gasteiger partial charge in [0.05, 0.1) is 11.1 Å². The van der Waals surface area contributed by atoms with E-state index in [1.165, 1.54) is 6.07 Å². The second-order valence-electron chi connectivity index (χ2n) is 9.39. The molecular weight excluding hydrogens is 428 g/mol. The zero-order valence-corrected chi connectivity index (χ0v) is 19.4. The van der Waals surface area contributed by atoms with Crippen molar-refractivity contribution in [3.05, 3.63) is 69.9 Å². The van der Waals surface area contributed by atoms with Gasteiger partial charge < -0.3 is 9.46 Å². The smallest absolute Gasteiger partial charge is 0.272 e. The Bertz CT molecular complexity index is 1280. The molecule has 0 saturated carbocycles. The molecule has 168 valence electrons. The van der Waals surface area contributed by atoms with Gasteiger partial charge >= 0.3 is 0 Å². The average Bonchev–Trinajstić information content (AvgIpc) is 2.76. The molecule has 32 heavy (non-hydrogen) atoms. The van der Waals surface area contributed by atoms with Gasteiger partial charge in [-0.15, -0.1) is 0 Å². The average molecular weight is 455 g/mol. The lowest BCUT2D eigenvalue weighted by Gasteiger charge is -2.36. The minimum atomic E-state index is -2.97. The largest absolute Gasteiger partial charge is 0.341 e. The summed E-state index contributed by atoms with van der Waals surface area (Å²) in [7, 11) is -2.97. The van der Waals surface area contributed by atoms with Gasteiger partial charge in [0.1, 0.15) is 13.0 Å². The van der Waals surface area contributed by atoms with Crippen molar-refractivity contribution in [1.82, 2.24) is 15.1 Å². The van der Waals surface area contributed by atoms with Gasteiger partial charge in [-0.05, 0) is 23.8 Å². The Kier molecular flexibility index (Phi) is 5.80. The van der Waals surface area contributed by atoms with E-state index in [2.05, 4.69) is 10.2 Å². The van der Waals surface area contributed by atoms with Crippen LogP contribution in [0.5, 0.6) is 0 Å². The molecule has 0 aliphatic carbocycles. The van der Waals surface area contributed by atoms with Crippen molar-refractivity contribution >= 4 is 29.1 Å². The summed E-state index contributed by atoms with van der Waals surface area (Å²) in [5.74, 6) is -0.457. The van der Waals surface area contributed by atoms with Crippen LogP contribution in [0.2, 0.25) is 0 Å². The standard InChI is InChI=1S/C24H27FN3O3P/c1-24(2,3)23(30)28-10-12-32(31,13-11-28)21-15-16(8-9-19(21)25)14-20-17-6-4-5-7-18(17)22(29)27-26-20/h4-9,15H,10-14H2,1-3H3,(H,27,29). The molecule has 1 amide bonds. The quantitative estimate of drug-likeness (QED) is 0.613. The highest BCUT2D eigenvalue weighted by Gasteiger charge is 2.37. The molecule has 0 radical (unpaired) electrons. The normalized spacial score (nSPS) is 16.3. The highest BCUT2D eigenvalue weighted by Crippen LogP contribution is 2.47. The van der Waals surface area contributed by atoms with Crippen LogP contribution < -0.4 is 10.9 Å². The molecule has 1 saturated heterocycles. The number of aromatic amines is 1. The maximum Gasteiger partial charge on any atom is 0.272 e. The number of hydrogen-bond acceptors (Lipinski definition) is 4. The van der Waals surface area contributed by atoms with E-state index in [0.717, 1.165) is 10.9 Å². The predicted octanol–water partition coefficient (Wildman–Crippen LogP) is 3.53. The number of hydrogen-bond donors (Lipinski definition) is 1. The highest BCUT2D eigenvalue weighted by molar-refractivity contribution is 7.71. The lowest BCUT2D eigenvalue weighted by Crippen LogP contribution is -2.46. The summed E-state index contributed by atoms with van der Waals surface area (Å²) in [6, 6.07) is 11.9. The molecule has 1 N–H and O–H groups in total. The lowest BCUT2D eigenvalue weighted by atomic mass is 9.95. The number of nitrogens with one attached hydrogen (secondary N) is 1. The molecule has 6 nitrogen and oxygen atoms in total. The summed E-state index contributed by atoms with van der Waals surface area (Å²) in [4.78, 5) is 26.3. The van der Waals surface area contributed by atoms with Gasteiger partial charge in [0, 0.05) is 47.9 Å². The Balaban J connectivity index is 1.61. The minimum absolute atomic E-state index is 0.0222. The van der Waals surface area contributed by atoms with Crippen LogP contribution >= 0.6 is 7.14 Å². The molecule has 0 bridgehead atoms. The Morgan fingerprint density at radius 2 is 1.78 bits per heavy atom. The van der Waals surface area contributed by atoms with Crippen molar-refractivity contribution in [2.24, 2.45) is 5.41 Å². The van der Waals surface area contributed by atoms with Gasteiger partial charge in [0.2, 0.25) is 5.91 Å². The molecule has 1 fully saturated rings. The number of H-pyrrole nitrogens is 1. The van der Waals surface area contributed by atoms with Crippen LogP contribution in [0, 0.1) is 11.2 Å². The zero-order valence-electron chi connectivity index (χ0n) is 18.5. The first-order valence-corrected chi connectivity index (χ1v) is 12.8. The van der Waals surface area contributed by atoms with Crippen LogP contribution in [-0.4, -0.2) is 46.4 Å². The summed E-state index contributed by atoms with van der Waals surface area (Å²) in [5.41, 5.74) is 0.681. The summed E-state index contributed by atoms with van der Waals surface area (Å²) in [6.07, 6.45) is 0.920. The molecule has 3 aromatic rings. The van der Waals surface area contributed by atoms with E-state index >= 15 is 0 Å². The van der Waals surface area contributed by atoms with E-state index in [1.807, 2.05) is 32.9 Å². The van der Waals surface area contributed by atoms with E-state index in [4.69, 9.17) is 0 Å². The highest BCUT2D eigenvalue weighted by atomic mass is 31.2. The lowest BCUT2D eigenvalue weighted by molar-refractivity contribution is -0.139. The van der Waals surface area contributed by atoms with E-state index < -0.39 is 18.4 Å². The third-order valence-corrected chi connectivity index (χ3v) is 9.05. The van der Waals surface area contributed by atoms with Crippen LogP contribution in [0.1, 0.15) is 32.0 Å². The van der Waals surface area contributed by atoms with Crippen LogP contribution in [0.25, 0.3) is 10.8 Å². The molecule has 0 spiro atoms. The number of nitrogens with zero attached hydrogens (tertiary/aromatic N) is 2. The molecule has 1 aromatic heterocycles. The molecule has 1 aliphatic heterocycles. The van der Waals surface area contributed by atoms with Gasteiger partial charge in [-0.1, -0.05) is 45.0 Å². The molecule has 4 rings (SSSR count). The van der Waals surface area contributed by atoms with Gasteiger partial charge in [-0.3, -0.25) is 9.59 Å². The van der Waals surface area contributed by atoms with Crippen molar-refractivity contribution in [1.29, 1.82) is 0 Å². The van der Waals surface area contributed by atoms with Crippen LogP contribution in [0.15, 0.2) is 47.3 Å². The van der Waals surface area contributed by atoms with Crippen LogP contribution in [-0.2, 0) is 15.8 Å². The Morgan fingerprint density at radius 1 is 1.12 bits per heavy atom. The molecule has 1 aliphatic rings. The number of benzene rings is 2. The zero-order chi connectivity index (χ0) is 23.1. The van der Waals surface area contributed by atoms with Crippen molar-refractivity contribution < 1.29 is 13.8 Å². The van der Waals surface area contributed by atoms with E-state index in [0.29, 0.717) is 30.6 Å². The topological polar surface area (TPSA) is 83.1 Å². The third-order valence-electron chi connectivity index (χ3n) is 5.99. The maximum atomic E-state index is 14.8.